The maximum absolute atomic E-state index is 14.7. The molecule has 9 atom stereocenters. The number of halogens is 2. The molecule has 53 heavy (non-hydrogen) atoms. The number of hydrogen-bond donors (Lipinski definition) is 3. The van der Waals surface area contributed by atoms with Crippen LogP contribution in [-0.2, 0) is 25.7 Å². The van der Waals surface area contributed by atoms with Crippen LogP contribution >= 0.6 is 11.6 Å². The molecule has 0 aliphatic heterocycles. The Labute approximate surface area is 321 Å². The van der Waals surface area contributed by atoms with Gasteiger partial charge in [-0.1, -0.05) is 77.8 Å². The van der Waals surface area contributed by atoms with Crippen LogP contribution in [0, 0.1) is 62.0 Å². The summed E-state index contributed by atoms with van der Waals surface area (Å²) in [6.07, 6.45) is 6.56. The maximum atomic E-state index is 14.7. The van der Waals surface area contributed by atoms with Crippen molar-refractivity contribution in [1.29, 1.82) is 0 Å². The van der Waals surface area contributed by atoms with E-state index < -0.39 is 34.7 Å². The lowest BCUT2D eigenvalue weighted by atomic mass is 9.33. The maximum Gasteiger partial charge on any atom is 0.309 e. The van der Waals surface area contributed by atoms with Gasteiger partial charge in [0.2, 0.25) is 0 Å². The minimum atomic E-state index is -1.18. The topological polar surface area (TPSA) is 113 Å². The van der Waals surface area contributed by atoms with Gasteiger partial charge in [0.15, 0.2) is 5.78 Å². The van der Waals surface area contributed by atoms with Crippen LogP contribution in [0.5, 0.6) is 0 Å². The SMILES string of the molecule is CC(C)C1=C2[C@H]3CC[C@@H]4[C@@]5(C)CC[C@H](OC(=O)CC(C)(C)C(=O)O)C(C)(C)[C@@H]5CC[C@@]4(C)[C@]3(C)CCC2(C(O)CNCc2cccc(Cl)c2F)CC1=O. The van der Waals surface area contributed by atoms with Crippen LogP contribution in [-0.4, -0.2) is 46.7 Å². The first-order chi connectivity index (χ1) is 24.6. The highest BCUT2D eigenvalue weighted by molar-refractivity contribution is 6.30. The van der Waals surface area contributed by atoms with Crippen molar-refractivity contribution in [3.63, 3.8) is 0 Å². The Bertz CT molecular complexity index is 1690. The number of aliphatic hydroxyl groups is 1. The molecule has 3 N–H and O–H groups in total. The molecule has 9 heteroatoms. The van der Waals surface area contributed by atoms with E-state index >= 15 is 0 Å². The fourth-order valence-electron chi connectivity index (χ4n) is 13.1. The highest BCUT2D eigenvalue weighted by Crippen LogP contribution is 2.77. The minimum Gasteiger partial charge on any atom is -0.481 e. The Morgan fingerprint density at radius 3 is 2.36 bits per heavy atom. The van der Waals surface area contributed by atoms with E-state index in [-0.39, 0.29) is 69.9 Å². The molecule has 7 nitrogen and oxygen atoms in total. The molecule has 1 aromatic rings. The smallest absolute Gasteiger partial charge is 0.309 e. The molecule has 0 radical (unpaired) electrons. The Hall–Kier alpha value is -2.29. The lowest BCUT2D eigenvalue weighted by Gasteiger charge is -2.72. The second-order valence-electron chi connectivity index (χ2n) is 19.9. The zero-order valence-electron chi connectivity index (χ0n) is 33.5. The van der Waals surface area contributed by atoms with Gasteiger partial charge in [0.1, 0.15) is 11.9 Å². The van der Waals surface area contributed by atoms with Gasteiger partial charge in [0.25, 0.3) is 0 Å². The van der Waals surface area contributed by atoms with Crippen molar-refractivity contribution in [2.75, 3.05) is 6.54 Å². The largest absolute Gasteiger partial charge is 0.481 e. The third kappa shape index (κ3) is 6.24. The van der Waals surface area contributed by atoms with Crippen molar-refractivity contribution in [3.8, 4) is 0 Å². The predicted octanol–water partition coefficient (Wildman–Crippen LogP) is 9.32. The summed E-state index contributed by atoms with van der Waals surface area (Å²) in [5.41, 5.74) is 0.471. The predicted molar refractivity (Wildman–Crippen MR) is 204 cm³/mol. The van der Waals surface area contributed by atoms with Crippen LogP contribution < -0.4 is 5.32 Å². The number of ether oxygens (including phenoxy) is 1. The van der Waals surface area contributed by atoms with E-state index in [1.165, 1.54) is 11.6 Å². The van der Waals surface area contributed by atoms with Gasteiger partial charge in [-0.2, -0.15) is 0 Å². The van der Waals surface area contributed by atoms with Crippen LogP contribution in [0.2, 0.25) is 5.02 Å². The van der Waals surface area contributed by atoms with Gasteiger partial charge in [0.05, 0.1) is 23.0 Å². The number of allylic oxidation sites excluding steroid dienone is 1. The van der Waals surface area contributed by atoms with Gasteiger partial charge < -0.3 is 20.3 Å². The molecule has 6 rings (SSSR count). The summed E-state index contributed by atoms with van der Waals surface area (Å²) in [5.74, 6) is -0.695. The number of esters is 1. The molecule has 294 valence electrons. The quantitative estimate of drug-likeness (QED) is 0.204. The second kappa shape index (κ2) is 13.7. The average Bonchev–Trinajstić information content (AvgIpc) is 3.37. The Morgan fingerprint density at radius 1 is 1.00 bits per heavy atom. The fourth-order valence-corrected chi connectivity index (χ4v) is 13.3. The second-order valence-corrected chi connectivity index (χ2v) is 20.3. The van der Waals surface area contributed by atoms with Crippen molar-refractivity contribution in [2.45, 2.75) is 145 Å². The molecular weight excluding hydrogens is 693 g/mol. The number of carboxylic acids is 1. The number of carbonyl (C=O) groups is 3. The van der Waals surface area contributed by atoms with Crippen LogP contribution in [0.1, 0.15) is 132 Å². The monoisotopic (exact) mass is 755 g/mol. The number of aliphatic carboxylic acids is 1. The molecule has 1 aromatic carbocycles. The van der Waals surface area contributed by atoms with E-state index in [4.69, 9.17) is 16.3 Å². The van der Waals surface area contributed by atoms with E-state index in [0.717, 1.165) is 56.9 Å². The first-order valence-electron chi connectivity index (χ1n) is 20.1. The summed E-state index contributed by atoms with van der Waals surface area (Å²) in [5, 5.41) is 25.1. The molecule has 0 bridgehead atoms. The van der Waals surface area contributed by atoms with Gasteiger partial charge >= 0.3 is 11.9 Å². The first-order valence-corrected chi connectivity index (χ1v) is 20.5. The molecule has 0 aromatic heterocycles. The van der Waals surface area contributed by atoms with Crippen molar-refractivity contribution in [1.82, 2.24) is 5.32 Å². The Balaban J connectivity index is 1.26. The summed E-state index contributed by atoms with van der Waals surface area (Å²) in [7, 11) is 0. The standard InChI is InChI=1S/C44H63ClFNO6/c1-25(2)35-29(48)21-44(32(49)24-47-23-26-11-10-12-28(45)37(26)46)20-19-42(8)27(36(35)44)13-14-31-41(7)17-16-33(53-34(50)22-39(3,4)38(51)52)40(5,6)30(41)15-18-43(31,42)9/h10-12,25,27,30-33,47,49H,13-24H2,1-9H3,(H,51,52)/t27-,30+,31-,32?,33+,41+,42-,43-,44?/m1/s1. The van der Waals surface area contributed by atoms with E-state index in [2.05, 4.69) is 53.8 Å². The molecule has 4 saturated carbocycles. The van der Waals surface area contributed by atoms with Crippen molar-refractivity contribution < 1.29 is 33.7 Å². The van der Waals surface area contributed by atoms with Gasteiger partial charge in [0, 0.05) is 35.9 Å². The molecule has 5 aliphatic rings. The van der Waals surface area contributed by atoms with Crippen LogP contribution in [0.4, 0.5) is 4.39 Å². The number of nitrogens with one attached hydrogen (secondary N) is 1. The normalized spacial score (nSPS) is 37.0. The Morgan fingerprint density at radius 2 is 1.70 bits per heavy atom. The molecule has 5 aliphatic carbocycles. The number of fused-ring (bicyclic) bond motifs is 7. The van der Waals surface area contributed by atoms with Crippen molar-refractivity contribution in [3.05, 3.63) is 45.7 Å². The van der Waals surface area contributed by atoms with Crippen LogP contribution in [0.25, 0.3) is 0 Å². The molecule has 4 fully saturated rings. The summed E-state index contributed by atoms with van der Waals surface area (Å²) in [4.78, 5) is 38.8. The minimum absolute atomic E-state index is 0.00641. The van der Waals surface area contributed by atoms with E-state index in [0.29, 0.717) is 23.8 Å². The molecule has 0 saturated heterocycles. The molecule has 2 unspecified atom stereocenters. The highest BCUT2D eigenvalue weighted by Gasteiger charge is 2.70. The highest BCUT2D eigenvalue weighted by atomic mass is 35.5. The van der Waals surface area contributed by atoms with Crippen molar-refractivity contribution >= 4 is 29.3 Å². The Kier molecular flexibility index (Phi) is 10.5. The number of rotatable bonds is 10. The lowest BCUT2D eigenvalue weighted by Crippen LogP contribution is -2.66. The number of benzene rings is 1. The van der Waals surface area contributed by atoms with E-state index in [1.807, 2.05) is 0 Å². The number of aliphatic hydroxyl groups excluding tert-OH is 1. The van der Waals surface area contributed by atoms with E-state index in [1.54, 1.807) is 26.0 Å². The molecular formula is C44H63ClFNO6. The number of carbonyl (C=O) groups excluding carboxylic acids is 2. The van der Waals surface area contributed by atoms with Gasteiger partial charge in [-0.25, -0.2) is 4.39 Å². The summed E-state index contributed by atoms with van der Waals surface area (Å²) in [6, 6.07) is 4.95. The fraction of sp³-hybridized carbons (Fsp3) is 0.750. The van der Waals surface area contributed by atoms with E-state index in [9.17, 15) is 29.0 Å². The molecule has 0 amide bonds. The number of hydrogen-bond acceptors (Lipinski definition) is 6. The van der Waals surface area contributed by atoms with Gasteiger partial charge in [-0.15, -0.1) is 0 Å². The first kappa shape index (κ1) is 40.4. The summed E-state index contributed by atoms with van der Waals surface area (Å²) in [6.45, 7) is 19.9. The number of ketones is 1. The third-order valence-electron chi connectivity index (χ3n) is 16.2. The van der Waals surface area contributed by atoms with Crippen LogP contribution in [0.15, 0.2) is 29.3 Å². The molecule has 0 heterocycles. The summed E-state index contributed by atoms with van der Waals surface area (Å²) >= 11 is 6.03. The lowest BCUT2D eigenvalue weighted by molar-refractivity contribution is -0.235. The molecule has 0 spiro atoms. The number of Topliss-reactive ketones (excluding diaryl/α,β-unsaturated/α-hetero) is 1. The third-order valence-corrected chi connectivity index (χ3v) is 16.5. The number of carboxylic acid groups (broad SMARTS) is 1. The van der Waals surface area contributed by atoms with Crippen molar-refractivity contribution in [2.24, 2.45) is 56.2 Å². The van der Waals surface area contributed by atoms with Gasteiger partial charge in [-0.3, -0.25) is 14.4 Å². The zero-order valence-corrected chi connectivity index (χ0v) is 34.2. The zero-order chi connectivity index (χ0) is 39.1. The van der Waals surface area contributed by atoms with Gasteiger partial charge in [-0.05, 0) is 117 Å². The average molecular weight is 756 g/mol. The van der Waals surface area contributed by atoms with Crippen LogP contribution in [0.3, 0.4) is 0 Å². The summed E-state index contributed by atoms with van der Waals surface area (Å²) < 4.78 is 20.8.